The van der Waals surface area contributed by atoms with Crippen molar-refractivity contribution >= 4 is 0 Å². The Bertz CT molecular complexity index is 186. The fourth-order valence-corrected chi connectivity index (χ4v) is 3.85. The zero-order chi connectivity index (χ0) is 8.29. The molecule has 12 heavy (non-hydrogen) atoms. The van der Waals surface area contributed by atoms with Crippen molar-refractivity contribution in [2.24, 2.45) is 23.7 Å². The van der Waals surface area contributed by atoms with Gasteiger partial charge >= 0.3 is 0 Å². The first-order valence-corrected chi connectivity index (χ1v) is 5.12. The van der Waals surface area contributed by atoms with Crippen molar-refractivity contribution < 1.29 is 10.2 Å². The Morgan fingerprint density at radius 3 is 1.92 bits per heavy atom. The van der Waals surface area contributed by atoms with E-state index in [9.17, 15) is 10.2 Å². The highest BCUT2D eigenvalue weighted by Crippen LogP contribution is 2.53. The first-order chi connectivity index (χ1) is 5.75. The van der Waals surface area contributed by atoms with E-state index >= 15 is 0 Å². The van der Waals surface area contributed by atoms with Gasteiger partial charge in [-0.05, 0) is 43.4 Å². The summed E-state index contributed by atoms with van der Waals surface area (Å²) in [7, 11) is 0. The lowest BCUT2D eigenvalue weighted by molar-refractivity contribution is -0.161. The predicted octanol–water partition coefficient (Wildman–Crippen LogP) is 0.774. The first-order valence-electron chi connectivity index (χ1n) is 5.12. The van der Waals surface area contributed by atoms with E-state index in [0.717, 1.165) is 18.8 Å². The topological polar surface area (TPSA) is 40.5 Å². The van der Waals surface area contributed by atoms with Crippen LogP contribution in [0.3, 0.4) is 0 Å². The average molecular weight is 168 g/mol. The highest BCUT2D eigenvalue weighted by molar-refractivity contribution is 5.02. The van der Waals surface area contributed by atoms with Crippen LogP contribution in [0.4, 0.5) is 0 Å². The molecule has 68 valence electrons. The minimum absolute atomic E-state index is 0.187. The van der Waals surface area contributed by atoms with Crippen LogP contribution in [-0.2, 0) is 0 Å². The Kier molecular flexibility index (Phi) is 1.37. The summed E-state index contributed by atoms with van der Waals surface area (Å²) < 4.78 is 0. The summed E-state index contributed by atoms with van der Waals surface area (Å²) >= 11 is 0. The van der Waals surface area contributed by atoms with Gasteiger partial charge in [0.25, 0.3) is 0 Å². The Hall–Kier alpha value is -0.0800. The molecule has 0 aliphatic heterocycles. The minimum atomic E-state index is -0.187. The van der Waals surface area contributed by atoms with Gasteiger partial charge in [0.05, 0.1) is 12.2 Å². The molecule has 2 heteroatoms. The maximum absolute atomic E-state index is 9.84. The minimum Gasteiger partial charge on any atom is -0.392 e. The summed E-state index contributed by atoms with van der Waals surface area (Å²) in [6, 6.07) is 0. The molecule has 2 nitrogen and oxygen atoms in total. The van der Waals surface area contributed by atoms with Gasteiger partial charge in [0, 0.05) is 5.92 Å². The van der Waals surface area contributed by atoms with Crippen molar-refractivity contribution in [3.05, 3.63) is 0 Å². The number of aliphatic hydroxyl groups is 2. The molecule has 4 saturated carbocycles. The van der Waals surface area contributed by atoms with E-state index in [2.05, 4.69) is 0 Å². The molecule has 0 radical (unpaired) electrons. The number of hydrogen-bond acceptors (Lipinski definition) is 2. The zero-order valence-corrected chi connectivity index (χ0v) is 7.19. The van der Waals surface area contributed by atoms with E-state index in [1.54, 1.807) is 0 Å². The van der Waals surface area contributed by atoms with Crippen LogP contribution < -0.4 is 0 Å². The normalized spacial score (nSPS) is 62.5. The average Bonchev–Trinajstić information content (AvgIpc) is 2.07. The molecule has 2 unspecified atom stereocenters. The third-order valence-corrected chi connectivity index (χ3v) is 4.33. The van der Waals surface area contributed by atoms with Crippen LogP contribution in [0.15, 0.2) is 0 Å². The predicted molar refractivity (Wildman–Crippen MR) is 44.4 cm³/mol. The molecule has 4 aliphatic rings. The maximum Gasteiger partial charge on any atom is 0.0621 e. The van der Waals surface area contributed by atoms with Gasteiger partial charge in [0.1, 0.15) is 0 Å². The van der Waals surface area contributed by atoms with Gasteiger partial charge in [-0.3, -0.25) is 0 Å². The van der Waals surface area contributed by atoms with Crippen LogP contribution in [-0.4, -0.2) is 22.4 Å². The van der Waals surface area contributed by atoms with Gasteiger partial charge in [-0.2, -0.15) is 0 Å². The van der Waals surface area contributed by atoms with Crippen molar-refractivity contribution in [3.8, 4) is 0 Å². The molecule has 0 aromatic carbocycles. The van der Waals surface area contributed by atoms with E-state index < -0.39 is 0 Å². The summed E-state index contributed by atoms with van der Waals surface area (Å²) in [4.78, 5) is 0. The van der Waals surface area contributed by atoms with Crippen molar-refractivity contribution in [1.82, 2.24) is 0 Å². The summed E-state index contributed by atoms with van der Waals surface area (Å²) in [5.74, 6) is 2.10. The van der Waals surface area contributed by atoms with Gasteiger partial charge in [-0.25, -0.2) is 0 Å². The highest BCUT2D eigenvalue weighted by Gasteiger charge is 2.52. The van der Waals surface area contributed by atoms with Crippen LogP contribution in [0.5, 0.6) is 0 Å². The fraction of sp³-hybridized carbons (Fsp3) is 1.00. The lowest BCUT2D eigenvalue weighted by atomic mass is 9.54. The fourth-order valence-electron chi connectivity index (χ4n) is 3.85. The molecule has 0 amide bonds. The largest absolute Gasteiger partial charge is 0.392 e. The van der Waals surface area contributed by atoms with Crippen LogP contribution in [0.25, 0.3) is 0 Å². The summed E-state index contributed by atoms with van der Waals surface area (Å²) in [6.45, 7) is 0. The molecular weight excluding hydrogens is 152 g/mol. The molecule has 2 N–H and O–H groups in total. The third kappa shape index (κ3) is 0.775. The van der Waals surface area contributed by atoms with Crippen molar-refractivity contribution in [2.45, 2.75) is 37.9 Å². The Morgan fingerprint density at radius 2 is 1.33 bits per heavy atom. The second-order valence-corrected chi connectivity index (χ2v) is 4.97. The monoisotopic (exact) mass is 168 g/mol. The Morgan fingerprint density at radius 1 is 0.750 bits per heavy atom. The third-order valence-electron chi connectivity index (χ3n) is 4.33. The number of hydrogen-bond donors (Lipinski definition) is 2. The van der Waals surface area contributed by atoms with Gasteiger partial charge in [-0.1, -0.05) is 0 Å². The second kappa shape index (κ2) is 2.24. The molecule has 4 aliphatic carbocycles. The first kappa shape index (κ1) is 7.34. The van der Waals surface area contributed by atoms with Gasteiger partial charge in [-0.15, -0.1) is 0 Å². The Balaban J connectivity index is 1.93. The van der Waals surface area contributed by atoms with Crippen LogP contribution in [0.2, 0.25) is 0 Å². The molecular formula is C10H16O2. The smallest absolute Gasteiger partial charge is 0.0621 e. The summed E-state index contributed by atoms with van der Waals surface area (Å²) in [5.41, 5.74) is 0. The second-order valence-electron chi connectivity index (χ2n) is 4.97. The van der Waals surface area contributed by atoms with Crippen molar-refractivity contribution in [2.75, 3.05) is 0 Å². The van der Waals surface area contributed by atoms with E-state index in [1.165, 1.54) is 12.8 Å². The number of rotatable bonds is 0. The van der Waals surface area contributed by atoms with E-state index in [1.807, 2.05) is 0 Å². The maximum atomic E-state index is 9.84. The molecule has 6 atom stereocenters. The SMILES string of the molecule is O[C@@H]1C2CC3C[C@@H]1C[C@H](C3)[C@@H]2O. The Labute approximate surface area is 72.6 Å². The molecule has 0 aromatic rings. The lowest BCUT2D eigenvalue weighted by Crippen LogP contribution is -2.55. The van der Waals surface area contributed by atoms with Crippen LogP contribution >= 0.6 is 0 Å². The summed E-state index contributed by atoms with van der Waals surface area (Å²) in [5, 5.41) is 19.7. The molecule has 4 rings (SSSR count). The standard InChI is InChI=1S/C10H16O2/c11-9-6-1-5-2-7(4-6)10(12)8(9)3-5/h5-12H,1-4H2/t5?,6-,7+,8?,9-,10-/m0/s1. The van der Waals surface area contributed by atoms with Crippen molar-refractivity contribution in [3.63, 3.8) is 0 Å². The quantitative estimate of drug-likeness (QED) is 0.561. The lowest BCUT2D eigenvalue weighted by Gasteiger charge is -2.55. The molecule has 0 spiro atoms. The van der Waals surface area contributed by atoms with E-state index in [0.29, 0.717) is 11.8 Å². The zero-order valence-electron chi connectivity index (χ0n) is 7.19. The van der Waals surface area contributed by atoms with Gasteiger partial charge < -0.3 is 10.2 Å². The molecule has 0 aromatic heterocycles. The van der Waals surface area contributed by atoms with Gasteiger partial charge in [0.15, 0.2) is 0 Å². The van der Waals surface area contributed by atoms with Crippen LogP contribution in [0.1, 0.15) is 25.7 Å². The molecule has 0 saturated heterocycles. The van der Waals surface area contributed by atoms with E-state index in [-0.39, 0.29) is 18.1 Å². The molecule has 4 fully saturated rings. The van der Waals surface area contributed by atoms with E-state index in [4.69, 9.17) is 0 Å². The van der Waals surface area contributed by atoms with Crippen molar-refractivity contribution in [1.29, 1.82) is 0 Å². The molecule has 0 heterocycles. The summed E-state index contributed by atoms with van der Waals surface area (Å²) in [6.07, 6.45) is 4.23. The number of aliphatic hydroxyl groups excluding tert-OH is 2. The highest BCUT2D eigenvalue weighted by atomic mass is 16.3. The van der Waals surface area contributed by atoms with Gasteiger partial charge in [0.2, 0.25) is 0 Å². The van der Waals surface area contributed by atoms with Crippen LogP contribution in [0, 0.1) is 23.7 Å². The molecule has 4 bridgehead atoms.